The van der Waals surface area contributed by atoms with Crippen molar-refractivity contribution in [2.45, 2.75) is 44.4 Å². The minimum atomic E-state index is 0.0968. The second-order valence-electron chi connectivity index (χ2n) is 5.62. The molecule has 2 N–H and O–H groups in total. The fraction of sp³-hybridized carbons (Fsp3) is 0.438. The zero-order valence-corrected chi connectivity index (χ0v) is 12.4. The molecule has 3 nitrogen and oxygen atoms in total. The molecule has 4 heteroatoms. The van der Waals surface area contributed by atoms with E-state index < -0.39 is 0 Å². The molecule has 1 aromatic heterocycles. The van der Waals surface area contributed by atoms with Crippen molar-refractivity contribution in [2.24, 2.45) is 0 Å². The van der Waals surface area contributed by atoms with E-state index in [1.807, 2.05) is 24.3 Å². The Morgan fingerprint density at radius 3 is 2.50 bits per heavy atom. The quantitative estimate of drug-likeness (QED) is 0.883. The summed E-state index contributed by atoms with van der Waals surface area (Å²) in [6.07, 6.45) is 5.85. The number of anilines is 1. The number of nitrogen functional groups attached to an aromatic ring is 1. The van der Waals surface area contributed by atoms with Gasteiger partial charge in [0.1, 0.15) is 0 Å². The van der Waals surface area contributed by atoms with Gasteiger partial charge in [0, 0.05) is 10.4 Å². The minimum Gasteiger partial charge on any atom is -0.380 e. The largest absolute Gasteiger partial charge is 0.380 e. The molecular formula is C16H19ClN2O. The van der Waals surface area contributed by atoms with Gasteiger partial charge >= 0.3 is 0 Å². The van der Waals surface area contributed by atoms with Crippen LogP contribution in [0.15, 0.2) is 28.8 Å². The number of hydrogen-bond donors (Lipinski definition) is 1. The van der Waals surface area contributed by atoms with E-state index in [-0.39, 0.29) is 5.41 Å². The molecule has 1 aliphatic carbocycles. The number of aromatic nitrogens is 1. The van der Waals surface area contributed by atoms with Crippen molar-refractivity contribution in [1.29, 1.82) is 0 Å². The van der Waals surface area contributed by atoms with Crippen molar-refractivity contribution in [1.82, 2.24) is 5.16 Å². The van der Waals surface area contributed by atoms with Crippen molar-refractivity contribution in [3.8, 4) is 11.1 Å². The van der Waals surface area contributed by atoms with E-state index in [4.69, 9.17) is 21.9 Å². The normalized spacial score (nSPS) is 17.5. The highest BCUT2D eigenvalue weighted by molar-refractivity contribution is 6.30. The molecule has 0 amide bonds. The molecule has 1 fully saturated rings. The Bertz CT molecular complexity index is 597. The Labute approximate surface area is 124 Å². The van der Waals surface area contributed by atoms with Gasteiger partial charge in [-0.15, -0.1) is 0 Å². The summed E-state index contributed by atoms with van der Waals surface area (Å²) >= 11 is 5.96. The maximum atomic E-state index is 6.05. The van der Waals surface area contributed by atoms with E-state index in [9.17, 15) is 0 Å². The maximum absolute atomic E-state index is 6.05. The maximum Gasteiger partial charge on any atom is 0.175 e. The highest BCUT2D eigenvalue weighted by Crippen LogP contribution is 2.48. The zero-order chi connectivity index (χ0) is 14.2. The highest BCUT2D eigenvalue weighted by atomic mass is 35.5. The van der Waals surface area contributed by atoms with Gasteiger partial charge in [-0.1, -0.05) is 48.7 Å². The van der Waals surface area contributed by atoms with Crippen molar-refractivity contribution in [3.05, 3.63) is 35.0 Å². The minimum absolute atomic E-state index is 0.0968. The summed E-state index contributed by atoms with van der Waals surface area (Å²) < 4.78 is 5.65. The standard InChI is InChI=1S/C16H19ClN2O/c1-2-16(9-3-4-10-16)14-13(15(18)19-20-14)11-5-7-12(17)8-6-11/h5-8H,2-4,9-10H2,1H3,(H2,18,19). The van der Waals surface area contributed by atoms with Crippen LogP contribution in [0.5, 0.6) is 0 Å². The van der Waals surface area contributed by atoms with Gasteiger partial charge in [0.25, 0.3) is 0 Å². The van der Waals surface area contributed by atoms with Crippen LogP contribution in [-0.4, -0.2) is 5.16 Å². The third-order valence-electron chi connectivity index (χ3n) is 4.57. The molecule has 20 heavy (non-hydrogen) atoms. The first-order chi connectivity index (χ1) is 9.66. The second kappa shape index (κ2) is 5.13. The predicted octanol–water partition coefficient (Wildman–Crippen LogP) is 4.80. The number of nitrogens with two attached hydrogens (primary N) is 1. The van der Waals surface area contributed by atoms with Gasteiger partial charge in [-0.25, -0.2) is 0 Å². The Morgan fingerprint density at radius 2 is 1.90 bits per heavy atom. The lowest BCUT2D eigenvalue weighted by Gasteiger charge is -2.25. The van der Waals surface area contributed by atoms with Gasteiger partial charge in [-0.05, 0) is 37.0 Å². The van der Waals surface area contributed by atoms with E-state index >= 15 is 0 Å². The first-order valence-electron chi connectivity index (χ1n) is 7.18. The SMILES string of the molecule is CCC1(c2onc(N)c2-c2ccc(Cl)cc2)CCCC1. The molecule has 3 rings (SSSR count). The van der Waals surface area contributed by atoms with Crippen LogP contribution in [-0.2, 0) is 5.41 Å². The molecule has 0 aliphatic heterocycles. The van der Waals surface area contributed by atoms with Gasteiger partial charge in [0.15, 0.2) is 11.6 Å². The Kier molecular flexibility index (Phi) is 3.47. The van der Waals surface area contributed by atoms with Crippen LogP contribution in [0.1, 0.15) is 44.8 Å². The number of rotatable bonds is 3. The summed E-state index contributed by atoms with van der Waals surface area (Å²) in [5.41, 5.74) is 8.13. The van der Waals surface area contributed by atoms with Crippen LogP contribution in [0.4, 0.5) is 5.82 Å². The van der Waals surface area contributed by atoms with Crippen LogP contribution in [0.3, 0.4) is 0 Å². The number of hydrogen-bond acceptors (Lipinski definition) is 3. The highest BCUT2D eigenvalue weighted by Gasteiger charge is 2.40. The molecule has 106 valence electrons. The average molecular weight is 291 g/mol. The molecule has 1 aromatic carbocycles. The van der Waals surface area contributed by atoms with E-state index in [0.29, 0.717) is 5.82 Å². The van der Waals surface area contributed by atoms with Gasteiger partial charge in [0.2, 0.25) is 0 Å². The van der Waals surface area contributed by atoms with Crippen LogP contribution >= 0.6 is 11.6 Å². The van der Waals surface area contributed by atoms with Gasteiger partial charge in [-0.3, -0.25) is 0 Å². The molecule has 2 aromatic rings. The lowest BCUT2D eigenvalue weighted by molar-refractivity contribution is 0.284. The first kappa shape index (κ1) is 13.5. The van der Waals surface area contributed by atoms with Crippen LogP contribution < -0.4 is 5.73 Å². The predicted molar refractivity (Wildman–Crippen MR) is 81.8 cm³/mol. The summed E-state index contributed by atoms with van der Waals surface area (Å²) in [5.74, 6) is 1.43. The van der Waals surface area contributed by atoms with Crippen LogP contribution in [0.2, 0.25) is 5.02 Å². The summed E-state index contributed by atoms with van der Waals surface area (Å²) in [7, 11) is 0. The van der Waals surface area contributed by atoms with Crippen molar-refractivity contribution >= 4 is 17.4 Å². The Morgan fingerprint density at radius 1 is 1.25 bits per heavy atom. The summed E-state index contributed by atoms with van der Waals surface area (Å²) in [6, 6.07) is 7.71. The fourth-order valence-corrected chi connectivity index (χ4v) is 3.48. The Hall–Kier alpha value is -1.48. The average Bonchev–Trinajstić information content (AvgIpc) is 3.07. The molecular weight excluding hydrogens is 272 g/mol. The molecule has 1 aliphatic rings. The van der Waals surface area contributed by atoms with E-state index in [2.05, 4.69) is 12.1 Å². The third-order valence-corrected chi connectivity index (χ3v) is 4.82. The topological polar surface area (TPSA) is 52.0 Å². The fourth-order valence-electron chi connectivity index (χ4n) is 3.35. The third kappa shape index (κ3) is 2.10. The van der Waals surface area contributed by atoms with Crippen molar-refractivity contribution in [3.63, 3.8) is 0 Å². The first-order valence-corrected chi connectivity index (χ1v) is 7.56. The van der Waals surface area contributed by atoms with E-state index in [1.54, 1.807) is 0 Å². The molecule has 0 spiro atoms. The molecule has 1 heterocycles. The Balaban J connectivity index is 2.12. The smallest absolute Gasteiger partial charge is 0.175 e. The zero-order valence-electron chi connectivity index (χ0n) is 11.7. The van der Waals surface area contributed by atoms with Crippen molar-refractivity contribution in [2.75, 3.05) is 5.73 Å². The molecule has 1 saturated carbocycles. The van der Waals surface area contributed by atoms with Gasteiger partial charge in [-0.2, -0.15) is 0 Å². The van der Waals surface area contributed by atoms with Crippen LogP contribution in [0, 0.1) is 0 Å². The molecule has 0 bridgehead atoms. The number of benzene rings is 1. The van der Waals surface area contributed by atoms with Gasteiger partial charge < -0.3 is 10.3 Å². The molecule has 0 radical (unpaired) electrons. The molecule has 0 saturated heterocycles. The van der Waals surface area contributed by atoms with Crippen molar-refractivity contribution < 1.29 is 4.52 Å². The second-order valence-corrected chi connectivity index (χ2v) is 6.06. The van der Waals surface area contributed by atoms with Crippen LogP contribution in [0.25, 0.3) is 11.1 Å². The lowest BCUT2D eigenvalue weighted by Crippen LogP contribution is -2.20. The molecule has 0 unspecified atom stereocenters. The lowest BCUT2D eigenvalue weighted by atomic mass is 9.78. The number of nitrogens with zero attached hydrogens (tertiary/aromatic N) is 1. The summed E-state index contributed by atoms with van der Waals surface area (Å²) in [6.45, 7) is 2.22. The molecule has 0 atom stereocenters. The summed E-state index contributed by atoms with van der Waals surface area (Å²) in [5, 5.41) is 4.74. The van der Waals surface area contributed by atoms with Gasteiger partial charge in [0.05, 0.1) is 5.56 Å². The number of halogens is 1. The monoisotopic (exact) mass is 290 g/mol. The van der Waals surface area contributed by atoms with E-state index in [0.717, 1.165) is 41.2 Å². The van der Waals surface area contributed by atoms with E-state index in [1.165, 1.54) is 12.8 Å². The summed E-state index contributed by atoms with van der Waals surface area (Å²) in [4.78, 5) is 0.